The maximum absolute atomic E-state index is 8.64. The normalized spacial score (nSPS) is 12.9. The fourth-order valence-corrected chi connectivity index (χ4v) is 0.474. The predicted molar refractivity (Wildman–Crippen MR) is 45.6 cm³/mol. The third kappa shape index (κ3) is 11.5. The smallest absolute Gasteiger partial charge is 0.316 e. The van der Waals surface area contributed by atoms with Gasteiger partial charge in [0.15, 0.2) is 6.29 Å². The highest BCUT2D eigenvalue weighted by molar-refractivity contribution is 5.75. The van der Waals surface area contributed by atoms with Crippen molar-refractivity contribution in [3.05, 3.63) is 0 Å². The molecular weight excluding hydrogens is 140 g/mol. The number of rotatable bonds is 4. The predicted octanol–water partition coefficient (Wildman–Crippen LogP) is 0.471. The Bertz CT molecular complexity index is 56.6. The lowest BCUT2D eigenvalue weighted by molar-refractivity contribution is -0.0875. The molecule has 3 heteroatoms. The molecule has 0 amide bonds. The van der Waals surface area contributed by atoms with Gasteiger partial charge in [0, 0.05) is 6.61 Å². The Morgan fingerprint density at radius 3 is 2.10 bits per heavy atom. The second-order valence-electron chi connectivity index (χ2n) is 2.65. The van der Waals surface area contributed by atoms with Crippen LogP contribution >= 0.6 is 0 Å². The van der Waals surface area contributed by atoms with Crippen LogP contribution in [0.25, 0.3) is 0 Å². The number of aliphatic hydroxyl groups is 1. The van der Waals surface area contributed by atoms with E-state index in [9.17, 15) is 0 Å². The van der Waals surface area contributed by atoms with Crippen molar-refractivity contribution in [2.24, 2.45) is 5.92 Å². The van der Waals surface area contributed by atoms with E-state index < -0.39 is 6.29 Å². The molecule has 0 rings (SSSR count). The Kier molecular flexibility index (Phi) is 10.4. The fraction of sp³-hybridized carbons (Fsp3) is 1.00. The van der Waals surface area contributed by atoms with Gasteiger partial charge in [-0.1, -0.05) is 13.8 Å². The van der Waals surface area contributed by atoms with Crippen LogP contribution in [-0.4, -0.2) is 41.1 Å². The summed E-state index contributed by atoms with van der Waals surface area (Å²) in [7, 11) is 0. The van der Waals surface area contributed by atoms with Crippen LogP contribution in [0, 0.1) is 5.92 Å². The lowest BCUT2D eigenvalue weighted by Crippen LogP contribution is -2.08. The summed E-state index contributed by atoms with van der Waals surface area (Å²) in [6.45, 7) is 6.55. The van der Waals surface area contributed by atoms with Gasteiger partial charge in [0.1, 0.15) is 0 Å². The molecule has 2 nitrogen and oxygen atoms in total. The first-order valence-electron chi connectivity index (χ1n) is 3.42. The molecule has 0 aromatic rings. The molecule has 1 atom stereocenters. The van der Waals surface area contributed by atoms with E-state index in [2.05, 4.69) is 13.8 Å². The first-order chi connectivity index (χ1) is 4.13. The summed E-state index contributed by atoms with van der Waals surface area (Å²) in [5.41, 5.74) is 0. The monoisotopic (exact) mass is 158 g/mol. The lowest BCUT2D eigenvalue weighted by atomic mass is 10.1. The van der Waals surface area contributed by atoms with Crippen LogP contribution in [0.1, 0.15) is 27.2 Å². The van der Waals surface area contributed by atoms with Gasteiger partial charge in [0.05, 0.1) is 0 Å². The minimum absolute atomic E-state index is 0. The molecule has 0 aromatic heterocycles. The summed E-state index contributed by atoms with van der Waals surface area (Å²) in [6.07, 6.45) is 0.411. The van der Waals surface area contributed by atoms with Crippen LogP contribution in [0.3, 0.4) is 0 Å². The van der Waals surface area contributed by atoms with E-state index in [1.54, 1.807) is 6.92 Å². The summed E-state index contributed by atoms with van der Waals surface area (Å²) in [5.74, 6) is 0.656. The van der Waals surface area contributed by atoms with Gasteiger partial charge in [-0.05, 0) is 19.3 Å². The van der Waals surface area contributed by atoms with Gasteiger partial charge in [-0.25, -0.2) is 0 Å². The van der Waals surface area contributed by atoms with E-state index in [4.69, 9.17) is 9.84 Å². The molecule has 1 unspecified atom stereocenters. The Hall–Kier alpha value is 0.686. The molecule has 0 aliphatic heterocycles. The van der Waals surface area contributed by atoms with Gasteiger partial charge >= 0.3 is 23.1 Å². The van der Waals surface area contributed by atoms with Crippen molar-refractivity contribution in [2.75, 3.05) is 6.61 Å². The van der Waals surface area contributed by atoms with Crippen LogP contribution in [-0.2, 0) is 4.74 Å². The zero-order valence-corrected chi connectivity index (χ0v) is 6.42. The Labute approximate surface area is 79.1 Å². The molecule has 0 saturated heterocycles. The van der Waals surface area contributed by atoms with Crippen molar-refractivity contribution in [1.82, 2.24) is 0 Å². The Morgan fingerprint density at radius 1 is 1.30 bits per heavy atom. The van der Waals surface area contributed by atoms with E-state index in [0.29, 0.717) is 12.5 Å². The van der Waals surface area contributed by atoms with Gasteiger partial charge in [-0.15, -0.1) is 0 Å². The quantitative estimate of drug-likeness (QED) is 0.476. The van der Waals surface area contributed by atoms with E-state index in [1.165, 1.54) is 0 Å². The van der Waals surface area contributed by atoms with Gasteiger partial charge < -0.3 is 9.84 Å². The van der Waals surface area contributed by atoms with Gasteiger partial charge in [0.25, 0.3) is 0 Å². The average molecular weight is 159 g/mol. The highest BCUT2D eigenvalue weighted by Gasteiger charge is 1.96. The van der Waals surface area contributed by atoms with Crippen LogP contribution < -0.4 is 0 Å². The molecule has 0 aliphatic carbocycles. The minimum Gasteiger partial charge on any atom is -0.368 e. The lowest BCUT2D eigenvalue weighted by Gasteiger charge is -2.07. The fourth-order valence-electron chi connectivity index (χ4n) is 0.474. The van der Waals surface area contributed by atoms with Crippen LogP contribution in [0.4, 0.5) is 0 Å². The maximum Gasteiger partial charge on any atom is 0.316 e. The summed E-state index contributed by atoms with van der Waals surface area (Å²) >= 11 is 0. The number of hydrogen-bond acceptors (Lipinski definition) is 2. The van der Waals surface area contributed by atoms with Crippen molar-refractivity contribution in [1.29, 1.82) is 0 Å². The first-order valence-corrected chi connectivity index (χ1v) is 3.42. The largest absolute Gasteiger partial charge is 0.368 e. The highest BCUT2D eigenvalue weighted by Crippen LogP contribution is 1.99. The molecule has 0 saturated carbocycles. The molecule has 0 heterocycles. The summed E-state index contributed by atoms with van der Waals surface area (Å²) in [5, 5.41) is 8.64. The molecule has 1 N–H and O–H groups in total. The third-order valence-corrected chi connectivity index (χ3v) is 1.05. The summed E-state index contributed by atoms with van der Waals surface area (Å²) in [4.78, 5) is 0. The second-order valence-corrected chi connectivity index (χ2v) is 2.65. The zero-order chi connectivity index (χ0) is 7.28. The second kappa shape index (κ2) is 7.79. The Balaban J connectivity index is 0. The van der Waals surface area contributed by atoms with Crippen molar-refractivity contribution in [3.63, 3.8) is 0 Å². The minimum atomic E-state index is -0.608. The van der Waals surface area contributed by atoms with Crippen LogP contribution in [0.2, 0.25) is 0 Å². The highest BCUT2D eigenvalue weighted by atomic mass is 24.3. The van der Waals surface area contributed by atoms with Gasteiger partial charge in [-0.3, -0.25) is 0 Å². The number of hydrogen-bond donors (Lipinski definition) is 1. The third-order valence-electron chi connectivity index (χ3n) is 1.05. The number of aliphatic hydroxyl groups excluding tert-OH is 1. The zero-order valence-electron chi connectivity index (χ0n) is 6.42. The molecule has 60 valence electrons. The van der Waals surface area contributed by atoms with Crippen molar-refractivity contribution in [2.45, 2.75) is 33.5 Å². The molecule has 0 bridgehead atoms. The van der Waals surface area contributed by atoms with Crippen LogP contribution in [0.15, 0.2) is 0 Å². The van der Waals surface area contributed by atoms with Crippen molar-refractivity contribution < 1.29 is 9.84 Å². The molecular formula is C7H18MgO2. The molecule has 0 aliphatic rings. The first kappa shape index (κ1) is 13.3. The SMILES string of the molecule is CC(C)CCOC(C)O.[MgH2]. The molecule has 0 aromatic carbocycles. The van der Waals surface area contributed by atoms with Gasteiger partial charge in [0.2, 0.25) is 0 Å². The van der Waals surface area contributed by atoms with E-state index in [0.717, 1.165) is 6.42 Å². The summed E-state index contributed by atoms with van der Waals surface area (Å²) in [6, 6.07) is 0. The molecule has 10 heavy (non-hydrogen) atoms. The number of ether oxygens (including phenoxy) is 1. The van der Waals surface area contributed by atoms with E-state index >= 15 is 0 Å². The summed E-state index contributed by atoms with van der Waals surface area (Å²) < 4.78 is 4.91. The Morgan fingerprint density at radius 2 is 1.80 bits per heavy atom. The molecule has 0 radical (unpaired) electrons. The molecule has 0 fully saturated rings. The topological polar surface area (TPSA) is 29.5 Å². The standard InChI is InChI=1S/C7H16O2.Mg.2H/c1-6(2)4-5-9-7(3)8;;;/h6-8H,4-5H2,1-3H3;;;. The van der Waals surface area contributed by atoms with Gasteiger partial charge in [-0.2, -0.15) is 0 Å². The van der Waals surface area contributed by atoms with E-state index in [1.807, 2.05) is 0 Å². The van der Waals surface area contributed by atoms with Crippen molar-refractivity contribution >= 4 is 23.1 Å². The maximum atomic E-state index is 8.64. The molecule has 0 spiro atoms. The van der Waals surface area contributed by atoms with Crippen LogP contribution in [0.5, 0.6) is 0 Å². The van der Waals surface area contributed by atoms with Crippen molar-refractivity contribution in [3.8, 4) is 0 Å². The average Bonchev–Trinajstić information content (AvgIpc) is 1.63. The van der Waals surface area contributed by atoms with E-state index in [-0.39, 0.29) is 23.1 Å².